The van der Waals surface area contributed by atoms with Gasteiger partial charge in [0, 0.05) is 18.2 Å². The molecule has 4 rings (SSSR count). The topological polar surface area (TPSA) is 41.6 Å². The van der Waals surface area contributed by atoms with Gasteiger partial charge >= 0.3 is 0 Å². The molecule has 0 bridgehead atoms. The molecule has 2 aromatic rings. The molecular formula is C26H36N2O2. The van der Waals surface area contributed by atoms with Gasteiger partial charge in [0.1, 0.15) is 5.75 Å². The SMILES string of the molecule is O=C(NC1CCCCCC1)c1ccc2cc(OCCCN3CCCCC3)ccc2c1. The monoisotopic (exact) mass is 408 g/mol. The normalized spacial score (nSPS) is 18.8. The van der Waals surface area contributed by atoms with Crippen molar-refractivity contribution in [3.8, 4) is 5.75 Å². The molecule has 0 radical (unpaired) electrons. The van der Waals surface area contributed by atoms with E-state index in [1.165, 1.54) is 58.0 Å². The molecule has 0 atom stereocenters. The molecule has 162 valence electrons. The number of piperidine rings is 1. The predicted molar refractivity (Wildman–Crippen MR) is 123 cm³/mol. The van der Waals surface area contributed by atoms with Crippen molar-refractivity contribution in [2.24, 2.45) is 0 Å². The predicted octanol–water partition coefficient (Wildman–Crippen LogP) is 5.55. The number of nitrogens with one attached hydrogen (secondary N) is 1. The molecule has 1 aliphatic carbocycles. The van der Waals surface area contributed by atoms with Gasteiger partial charge in [-0.05, 0) is 80.2 Å². The fraction of sp³-hybridized carbons (Fsp3) is 0.577. The van der Waals surface area contributed by atoms with Crippen molar-refractivity contribution >= 4 is 16.7 Å². The second-order valence-electron chi connectivity index (χ2n) is 8.99. The zero-order chi connectivity index (χ0) is 20.6. The largest absolute Gasteiger partial charge is 0.494 e. The number of ether oxygens (including phenoxy) is 1. The molecule has 1 N–H and O–H groups in total. The summed E-state index contributed by atoms with van der Waals surface area (Å²) in [5, 5.41) is 5.45. The van der Waals surface area contributed by atoms with Crippen LogP contribution >= 0.6 is 0 Å². The summed E-state index contributed by atoms with van der Waals surface area (Å²) in [7, 11) is 0. The minimum absolute atomic E-state index is 0.0573. The van der Waals surface area contributed by atoms with Gasteiger partial charge in [-0.3, -0.25) is 4.79 Å². The van der Waals surface area contributed by atoms with Crippen molar-refractivity contribution in [1.82, 2.24) is 10.2 Å². The van der Waals surface area contributed by atoms with Gasteiger partial charge in [-0.1, -0.05) is 44.2 Å². The van der Waals surface area contributed by atoms with Crippen molar-refractivity contribution in [1.29, 1.82) is 0 Å². The van der Waals surface area contributed by atoms with Gasteiger partial charge in [-0.15, -0.1) is 0 Å². The van der Waals surface area contributed by atoms with E-state index in [4.69, 9.17) is 4.74 Å². The van der Waals surface area contributed by atoms with Crippen molar-refractivity contribution in [2.75, 3.05) is 26.2 Å². The number of amides is 1. The van der Waals surface area contributed by atoms with Gasteiger partial charge in [-0.2, -0.15) is 0 Å². The highest BCUT2D eigenvalue weighted by molar-refractivity contribution is 5.98. The summed E-state index contributed by atoms with van der Waals surface area (Å²) in [6, 6.07) is 12.5. The van der Waals surface area contributed by atoms with E-state index in [0.717, 1.165) is 54.5 Å². The molecule has 1 aliphatic heterocycles. The first kappa shape index (κ1) is 21.2. The van der Waals surface area contributed by atoms with Crippen LogP contribution in [0.15, 0.2) is 36.4 Å². The average molecular weight is 409 g/mol. The van der Waals surface area contributed by atoms with E-state index in [-0.39, 0.29) is 5.91 Å². The Labute approximate surface area is 181 Å². The minimum Gasteiger partial charge on any atom is -0.494 e. The van der Waals surface area contributed by atoms with Gasteiger partial charge in [-0.25, -0.2) is 0 Å². The number of benzene rings is 2. The highest BCUT2D eigenvalue weighted by Crippen LogP contribution is 2.23. The molecule has 30 heavy (non-hydrogen) atoms. The lowest BCUT2D eigenvalue weighted by Crippen LogP contribution is -2.34. The maximum atomic E-state index is 12.7. The summed E-state index contributed by atoms with van der Waals surface area (Å²) >= 11 is 0. The number of fused-ring (bicyclic) bond motifs is 1. The van der Waals surface area contributed by atoms with Crippen molar-refractivity contribution in [2.45, 2.75) is 70.3 Å². The Hall–Kier alpha value is -2.07. The van der Waals surface area contributed by atoms with E-state index in [1.54, 1.807) is 0 Å². The molecule has 2 aliphatic rings. The van der Waals surface area contributed by atoms with E-state index in [1.807, 2.05) is 24.3 Å². The molecule has 4 heteroatoms. The number of carbonyl (C=O) groups excluding carboxylic acids is 1. The van der Waals surface area contributed by atoms with Crippen LogP contribution in [0, 0.1) is 0 Å². The van der Waals surface area contributed by atoms with Gasteiger partial charge in [0.2, 0.25) is 0 Å². The van der Waals surface area contributed by atoms with Gasteiger partial charge in [0.15, 0.2) is 0 Å². The third-order valence-corrected chi connectivity index (χ3v) is 6.60. The number of hydrogen-bond acceptors (Lipinski definition) is 3. The first-order chi connectivity index (χ1) is 14.8. The highest BCUT2D eigenvalue weighted by atomic mass is 16.5. The first-order valence-corrected chi connectivity index (χ1v) is 12.0. The molecule has 0 aromatic heterocycles. The van der Waals surface area contributed by atoms with Crippen LogP contribution in [0.1, 0.15) is 74.6 Å². The number of hydrogen-bond donors (Lipinski definition) is 1. The summed E-state index contributed by atoms with van der Waals surface area (Å²) in [6.45, 7) is 4.37. The van der Waals surface area contributed by atoms with Crippen molar-refractivity contribution < 1.29 is 9.53 Å². The Morgan fingerprint density at radius 2 is 1.60 bits per heavy atom. The minimum atomic E-state index is 0.0573. The summed E-state index contributed by atoms with van der Waals surface area (Å²) in [5.41, 5.74) is 0.752. The van der Waals surface area contributed by atoms with Gasteiger partial charge in [0.25, 0.3) is 5.91 Å². The summed E-state index contributed by atoms with van der Waals surface area (Å²) in [4.78, 5) is 15.3. The molecule has 2 aromatic carbocycles. The molecule has 1 saturated carbocycles. The summed E-state index contributed by atoms with van der Waals surface area (Å²) in [6.07, 6.45) is 12.4. The maximum Gasteiger partial charge on any atom is 0.251 e. The molecule has 1 saturated heterocycles. The van der Waals surface area contributed by atoms with Crippen LogP contribution in [-0.4, -0.2) is 43.1 Å². The second-order valence-corrected chi connectivity index (χ2v) is 8.99. The molecule has 1 heterocycles. The first-order valence-electron chi connectivity index (χ1n) is 12.0. The Kier molecular flexibility index (Phi) is 7.63. The Morgan fingerprint density at radius 1 is 0.900 bits per heavy atom. The number of nitrogens with zero attached hydrogens (tertiary/aromatic N) is 1. The molecule has 0 unspecified atom stereocenters. The lowest BCUT2D eigenvalue weighted by atomic mass is 10.0. The zero-order valence-electron chi connectivity index (χ0n) is 18.2. The molecule has 1 amide bonds. The Bertz CT molecular complexity index is 821. The van der Waals surface area contributed by atoms with Crippen molar-refractivity contribution in [3.05, 3.63) is 42.0 Å². The standard InChI is InChI=1S/C26H36N2O2/c29-26(27-24-9-4-1-2-5-10-24)23-12-11-22-20-25(14-13-21(22)19-23)30-18-8-17-28-15-6-3-7-16-28/h11-14,19-20,24H,1-10,15-18H2,(H,27,29). The van der Waals surface area contributed by atoms with Crippen LogP contribution in [0.5, 0.6) is 5.75 Å². The maximum absolute atomic E-state index is 12.7. The second kappa shape index (κ2) is 10.8. The van der Waals surface area contributed by atoms with Crippen LogP contribution in [0.3, 0.4) is 0 Å². The zero-order valence-corrected chi connectivity index (χ0v) is 18.2. The van der Waals surface area contributed by atoms with Crippen LogP contribution in [0.25, 0.3) is 10.8 Å². The van der Waals surface area contributed by atoms with Gasteiger partial charge < -0.3 is 15.0 Å². The van der Waals surface area contributed by atoms with E-state index in [2.05, 4.69) is 22.3 Å². The average Bonchev–Trinajstić information content (AvgIpc) is 3.05. The van der Waals surface area contributed by atoms with E-state index in [0.29, 0.717) is 6.04 Å². The van der Waals surface area contributed by atoms with Crippen LogP contribution < -0.4 is 10.1 Å². The van der Waals surface area contributed by atoms with Crippen LogP contribution in [0.2, 0.25) is 0 Å². The fourth-order valence-corrected chi connectivity index (χ4v) is 4.81. The number of likely N-dealkylation sites (tertiary alicyclic amines) is 1. The lowest BCUT2D eigenvalue weighted by Gasteiger charge is -2.26. The number of carbonyl (C=O) groups is 1. The fourth-order valence-electron chi connectivity index (χ4n) is 4.81. The molecule has 4 nitrogen and oxygen atoms in total. The van der Waals surface area contributed by atoms with Crippen LogP contribution in [0.4, 0.5) is 0 Å². The third kappa shape index (κ3) is 5.98. The Morgan fingerprint density at radius 3 is 2.40 bits per heavy atom. The Balaban J connectivity index is 1.29. The lowest BCUT2D eigenvalue weighted by molar-refractivity contribution is 0.0933. The summed E-state index contributed by atoms with van der Waals surface area (Å²) in [5.74, 6) is 0.971. The van der Waals surface area contributed by atoms with E-state index < -0.39 is 0 Å². The quantitative estimate of drug-likeness (QED) is 0.483. The highest BCUT2D eigenvalue weighted by Gasteiger charge is 2.16. The van der Waals surface area contributed by atoms with Gasteiger partial charge in [0.05, 0.1) is 6.61 Å². The van der Waals surface area contributed by atoms with Crippen molar-refractivity contribution in [3.63, 3.8) is 0 Å². The molecule has 0 spiro atoms. The summed E-state index contributed by atoms with van der Waals surface area (Å²) < 4.78 is 5.99. The smallest absolute Gasteiger partial charge is 0.251 e. The van der Waals surface area contributed by atoms with Crippen LogP contribution in [-0.2, 0) is 0 Å². The number of rotatable bonds is 7. The van der Waals surface area contributed by atoms with E-state index in [9.17, 15) is 4.79 Å². The van der Waals surface area contributed by atoms with E-state index >= 15 is 0 Å². The molecular weight excluding hydrogens is 372 g/mol. The molecule has 2 fully saturated rings. The third-order valence-electron chi connectivity index (χ3n) is 6.60.